The largest absolute Gasteiger partial charge is 0.387 e. The standard InChI is InChI=1S/C16H25N3O2/c1-16(21,11-19(2)3)10-18-15(20)8-12-9-17-14-7-5-4-6-13(12)14/h4-7,12,17,21H,8-11H2,1-3H3,(H,18,20). The number of amides is 1. The highest BCUT2D eigenvalue weighted by molar-refractivity contribution is 5.78. The van der Waals surface area contributed by atoms with Crippen LogP contribution < -0.4 is 10.6 Å². The van der Waals surface area contributed by atoms with Crippen molar-refractivity contribution in [2.45, 2.75) is 24.9 Å². The Morgan fingerprint density at radius 3 is 2.90 bits per heavy atom. The number of fused-ring (bicyclic) bond motifs is 1. The van der Waals surface area contributed by atoms with E-state index in [0.717, 1.165) is 12.2 Å². The summed E-state index contributed by atoms with van der Waals surface area (Å²) in [6.07, 6.45) is 0.446. The molecule has 1 aromatic rings. The Morgan fingerprint density at radius 1 is 1.48 bits per heavy atom. The highest BCUT2D eigenvalue weighted by atomic mass is 16.3. The van der Waals surface area contributed by atoms with E-state index in [2.05, 4.69) is 16.7 Å². The Hall–Kier alpha value is -1.59. The summed E-state index contributed by atoms with van der Waals surface area (Å²) >= 11 is 0. The van der Waals surface area contributed by atoms with Crippen LogP contribution in [0, 0.1) is 0 Å². The van der Waals surface area contributed by atoms with Crippen molar-refractivity contribution in [2.75, 3.05) is 39.0 Å². The van der Waals surface area contributed by atoms with Crippen molar-refractivity contribution in [3.63, 3.8) is 0 Å². The van der Waals surface area contributed by atoms with Crippen molar-refractivity contribution in [1.82, 2.24) is 10.2 Å². The molecule has 1 amide bonds. The van der Waals surface area contributed by atoms with Crippen LogP contribution in [0.4, 0.5) is 5.69 Å². The second-order valence-corrected chi connectivity index (χ2v) is 6.38. The average Bonchev–Trinajstić information content (AvgIpc) is 2.79. The molecule has 0 saturated heterocycles. The molecule has 5 heteroatoms. The Balaban J connectivity index is 1.84. The number of carbonyl (C=O) groups excluding carboxylic acids is 1. The van der Waals surface area contributed by atoms with Crippen LogP contribution in [-0.4, -0.2) is 55.2 Å². The Morgan fingerprint density at radius 2 is 2.19 bits per heavy atom. The molecule has 0 spiro atoms. The maximum absolute atomic E-state index is 12.1. The summed E-state index contributed by atoms with van der Waals surface area (Å²) < 4.78 is 0. The molecule has 0 fully saturated rings. The molecule has 2 rings (SSSR count). The zero-order valence-corrected chi connectivity index (χ0v) is 13.0. The predicted molar refractivity (Wildman–Crippen MR) is 84.5 cm³/mol. The molecule has 2 atom stereocenters. The van der Waals surface area contributed by atoms with Gasteiger partial charge in [0, 0.05) is 37.7 Å². The van der Waals surface area contributed by atoms with Crippen molar-refractivity contribution >= 4 is 11.6 Å². The van der Waals surface area contributed by atoms with Crippen LogP contribution in [0.5, 0.6) is 0 Å². The van der Waals surface area contributed by atoms with Crippen molar-refractivity contribution < 1.29 is 9.90 Å². The fraction of sp³-hybridized carbons (Fsp3) is 0.562. The zero-order valence-electron chi connectivity index (χ0n) is 13.0. The summed E-state index contributed by atoms with van der Waals surface area (Å²) in [5.74, 6) is 0.192. The first kappa shape index (κ1) is 15.8. The Bertz CT molecular complexity index is 500. The number of carbonyl (C=O) groups is 1. The first-order chi connectivity index (χ1) is 9.87. The number of aliphatic hydroxyl groups is 1. The molecular formula is C16H25N3O2. The number of hydrogen-bond acceptors (Lipinski definition) is 4. The average molecular weight is 291 g/mol. The van der Waals surface area contributed by atoms with Gasteiger partial charge in [-0.25, -0.2) is 0 Å². The topological polar surface area (TPSA) is 64.6 Å². The maximum Gasteiger partial charge on any atom is 0.220 e. The fourth-order valence-corrected chi connectivity index (χ4v) is 2.86. The molecule has 1 aliphatic rings. The van der Waals surface area contributed by atoms with E-state index in [1.807, 2.05) is 37.2 Å². The number of likely N-dealkylation sites (N-methyl/N-ethyl adjacent to an activating group) is 1. The minimum absolute atomic E-state index is 0.0162. The van der Waals surface area contributed by atoms with E-state index >= 15 is 0 Å². The van der Waals surface area contributed by atoms with Gasteiger partial charge >= 0.3 is 0 Å². The van der Waals surface area contributed by atoms with E-state index in [4.69, 9.17) is 0 Å². The summed E-state index contributed by atoms with van der Waals surface area (Å²) in [7, 11) is 3.80. The number of rotatable bonds is 6. The van der Waals surface area contributed by atoms with Crippen LogP contribution in [0.25, 0.3) is 0 Å². The Labute approximate surface area is 126 Å². The number of hydrogen-bond donors (Lipinski definition) is 3. The van der Waals surface area contributed by atoms with Gasteiger partial charge in [-0.1, -0.05) is 18.2 Å². The molecule has 5 nitrogen and oxygen atoms in total. The van der Waals surface area contributed by atoms with Gasteiger partial charge in [0.15, 0.2) is 0 Å². The molecule has 0 saturated carbocycles. The quantitative estimate of drug-likeness (QED) is 0.732. The molecule has 0 bridgehead atoms. The summed E-state index contributed by atoms with van der Waals surface area (Å²) in [5.41, 5.74) is 1.41. The van der Waals surface area contributed by atoms with Gasteiger partial charge < -0.3 is 20.6 Å². The van der Waals surface area contributed by atoms with Gasteiger partial charge in [-0.2, -0.15) is 0 Å². The SMILES string of the molecule is CN(C)CC(C)(O)CNC(=O)CC1CNc2ccccc21. The molecule has 1 aromatic carbocycles. The van der Waals surface area contributed by atoms with Crippen LogP contribution in [0.3, 0.4) is 0 Å². The summed E-state index contributed by atoms with van der Waals surface area (Å²) in [4.78, 5) is 14.0. The molecular weight excluding hydrogens is 266 g/mol. The fourth-order valence-electron chi connectivity index (χ4n) is 2.86. The van der Waals surface area contributed by atoms with E-state index in [0.29, 0.717) is 13.0 Å². The van der Waals surface area contributed by atoms with Gasteiger partial charge in [-0.3, -0.25) is 4.79 Å². The Kier molecular flexibility index (Phi) is 4.85. The van der Waals surface area contributed by atoms with Gasteiger partial charge in [0.1, 0.15) is 0 Å². The number of nitrogens with one attached hydrogen (secondary N) is 2. The third-order valence-electron chi connectivity index (χ3n) is 3.69. The van der Waals surface area contributed by atoms with Crippen LogP contribution in [0.1, 0.15) is 24.8 Å². The lowest BCUT2D eigenvalue weighted by Crippen LogP contribution is -2.47. The van der Waals surface area contributed by atoms with E-state index < -0.39 is 5.60 Å². The number of nitrogens with zero attached hydrogens (tertiary/aromatic N) is 1. The monoisotopic (exact) mass is 291 g/mol. The van der Waals surface area contributed by atoms with Crippen molar-refractivity contribution in [1.29, 1.82) is 0 Å². The minimum atomic E-state index is -0.912. The van der Waals surface area contributed by atoms with E-state index in [9.17, 15) is 9.90 Å². The smallest absolute Gasteiger partial charge is 0.220 e. The molecule has 0 aliphatic carbocycles. The van der Waals surface area contributed by atoms with Gasteiger partial charge in [0.05, 0.1) is 5.60 Å². The second kappa shape index (κ2) is 6.45. The van der Waals surface area contributed by atoms with E-state index in [1.165, 1.54) is 5.56 Å². The van der Waals surface area contributed by atoms with Gasteiger partial charge in [0.25, 0.3) is 0 Å². The van der Waals surface area contributed by atoms with Crippen LogP contribution >= 0.6 is 0 Å². The molecule has 21 heavy (non-hydrogen) atoms. The first-order valence-electron chi connectivity index (χ1n) is 7.34. The number of benzene rings is 1. The van der Waals surface area contributed by atoms with Gasteiger partial charge in [0.2, 0.25) is 5.91 Å². The number of para-hydroxylation sites is 1. The van der Waals surface area contributed by atoms with Crippen molar-refractivity contribution in [3.05, 3.63) is 29.8 Å². The molecule has 116 valence electrons. The summed E-state index contributed by atoms with van der Waals surface area (Å²) in [6, 6.07) is 8.09. The second-order valence-electron chi connectivity index (χ2n) is 6.38. The maximum atomic E-state index is 12.1. The lowest BCUT2D eigenvalue weighted by molar-refractivity contribution is -0.122. The highest BCUT2D eigenvalue weighted by Gasteiger charge is 2.26. The molecule has 1 aliphatic heterocycles. The summed E-state index contributed by atoms with van der Waals surface area (Å²) in [6.45, 7) is 3.31. The van der Waals surface area contributed by atoms with Crippen LogP contribution in [0.2, 0.25) is 0 Å². The van der Waals surface area contributed by atoms with E-state index in [-0.39, 0.29) is 18.4 Å². The zero-order chi connectivity index (χ0) is 15.5. The normalized spacial score (nSPS) is 19.8. The third-order valence-corrected chi connectivity index (χ3v) is 3.69. The lowest BCUT2D eigenvalue weighted by atomic mass is 9.97. The minimum Gasteiger partial charge on any atom is -0.387 e. The number of anilines is 1. The third kappa shape index (κ3) is 4.44. The summed E-state index contributed by atoms with van der Waals surface area (Å²) in [5, 5.41) is 16.3. The van der Waals surface area contributed by atoms with Gasteiger partial charge in [-0.15, -0.1) is 0 Å². The molecule has 0 aromatic heterocycles. The molecule has 3 N–H and O–H groups in total. The van der Waals surface area contributed by atoms with Crippen LogP contribution in [0.15, 0.2) is 24.3 Å². The lowest BCUT2D eigenvalue weighted by Gasteiger charge is -2.27. The molecule has 2 unspecified atom stereocenters. The first-order valence-corrected chi connectivity index (χ1v) is 7.34. The van der Waals surface area contributed by atoms with Crippen LogP contribution in [-0.2, 0) is 4.79 Å². The van der Waals surface area contributed by atoms with Crippen molar-refractivity contribution in [2.24, 2.45) is 0 Å². The van der Waals surface area contributed by atoms with Crippen molar-refractivity contribution in [3.8, 4) is 0 Å². The molecule has 1 heterocycles. The van der Waals surface area contributed by atoms with Gasteiger partial charge in [-0.05, 0) is 32.6 Å². The predicted octanol–water partition coefficient (Wildman–Crippen LogP) is 1.01. The molecule has 0 radical (unpaired) electrons. The highest BCUT2D eigenvalue weighted by Crippen LogP contribution is 2.32. The van der Waals surface area contributed by atoms with E-state index in [1.54, 1.807) is 6.92 Å².